The molecule has 1 fully saturated rings. The number of alkyl halides is 8. The van der Waals surface area contributed by atoms with Gasteiger partial charge in [-0.25, -0.2) is 35.4 Å². The summed E-state index contributed by atoms with van der Waals surface area (Å²) in [6, 6.07) is 2.76. The lowest BCUT2D eigenvalue weighted by atomic mass is 9.93. The van der Waals surface area contributed by atoms with Gasteiger partial charge in [-0.3, -0.25) is 19.0 Å². The van der Waals surface area contributed by atoms with Gasteiger partial charge in [0.1, 0.15) is 47.4 Å². The molecule has 0 spiro atoms. The standard InChI is InChI=1S/C42H35ClF10N8O8S2/c1-39(2,70(3,66)67)10-9-22-5-6-23(24-7-8-27(43)32-34(24)60(18-40(46,47)48)58-37(32)61(71(4,68)69)38(65)54-16-30(63)64)33(55-22)28(13-19-11-20(44)14-21(45)12-19)56-29(62)17-59-36-31(35(57-59)42(51,52)53)25-15-26(25)41(36,49)50/h5-8,11-12,14,25-26,28H,13,15-18H2,1-4H3,(H,54,65)(H,56,62)(H,63,64)/t25-,26+,28-/m0/s1. The van der Waals surface area contributed by atoms with Gasteiger partial charge in [0.2, 0.25) is 15.9 Å². The number of rotatable bonds is 13. The van der Waals surface area contributed by atoms with Gasteiger partial charge in [0.15, 0.2) is 21.3 Å². The van der Waals surface area contributed by atoms with E-state index in [-0.39, 0.29) is 36.9 Å². The SMILES string of the molecule is CC(C)(C#Cc1ccc(-c2ccc(Cl)c3c(N(C(=O)NCC(=O)O)S(C)(=O)=O)nn(CC(F)(F)F)c23)c([C@H](Cc2cc(F)cc(F)c2)NC(=O)Cn2nc(C(F)(F)F)c3c2C(F)(F)[C@@H]2C[C@H]32)n1)S(C)(=O)=O. The predicted molar refractivity (Wildman–Crippen MR) is 231 cm³/mol. The van der Waals surface area contributed by atoms with Crippen LogP contribution >= 0.6 is 11.6 Å². The van der Waals surface area contributed by atoms with Crippen LogP contribution in [0.25, 0.3) is 22.0 Å². The highest BCUT2D eigenvalue weighted by molar-refractivity contribution is 7.93. The van der Waals surface area contributed by atoms with E-state index in [4.69, 9.17) is 16.7 Å². The van der Waals surface area contributed by atoms with E-state index in [2.05, 4.69) is 32.3 Å². The second-order valence-corrected chi connectivity index (χ2v) is 21.9. The molecule has 0 saturated heterocycles. The van der Waals surface area contributed by atoms with Crippen LogP contribution in [0, 0.1) is 29.4 Å². The van der Waals surface area contributed by atoms with Gasteiger partial charge in [-0.05, 0) is 74.4 Å². The molecule has 29 heteroatoms. The maximum absolute atomic E-state index is 15.6. The first-order valence-electron chi connectivity index (χ1n) is 20.4. The van der Waals surface area contributed by atoms with Crippen LogP contribution in [-0.4, -0.2) is 94.4 Å². The van der Waals surface area contributed by atoms with E-state index < -0.39 is 166 Å². The van der Waals surface area contributed by atoms with Gasteiger partial charge in [-0.1, -0.05) is 23.6 Å². The number of hydrogen-bond donors (Lipinski definition) is 3. The summed E-state index contributed by atoms with van der Waals surface area (Å²) in [4.78, 5) is 43.2. The highest BCUT2D eigenvalue weighted by Crippen LogP contribution is 2.68. The molecule has 7 rings (SSSR count). The molecule has 3 amide bonds. The summed E-state index contributed by atoms with van der Waals surface area (Å²) in [7, 11) is -8.84. The Kier molecular flexibility index (Phi) is 13.3. The topological polar surface area (TPSA) is 216 Å². The van der Waals surface area contributed by atoms with Crippen LogP contribution in [0.4, 0.5) is 54.5 Å². The summed E-state index contributed by atoms with van der Waals surface area (Å²) in [5, 5.41) is 19.2. The van der Waals surface area contributed by atoms with E-state index in [0.29, 0.717) is 12.3 Å². The predicted octanol–water partition coefficient (Wildman–Crippen LogP) is 6.85. The quantitative estimate of drug-likeness (QED) is 0.0819. The molecule has 2 aliphatic carbocycles. The summed E-state index contributed by atoms with van der Waals surface area (Å²) >= 11 is 6.54. The van der Waals surface area contributed by atoms with Gasteiger partial charge in [0, 0.05) is 34.9 Å². The Morgan fingerprint density at radius 1 is 0.958 bits per heavy atom. The fourth-order valence-electron chi connectivity index (χ4n) is 8.03. The number of sulfonamides is 1. The zero-order valence-corrected chi connectivity index (χ0v) is 39.2. The number of carboxylic acids is 1. The van der Waals surface area contributed by atoms with Crippen LogP contribution < -0.4 is 14.9 Å². The highest BCUT2D eigenvalue weighted by Gasteiger charge is 2.68. The number of amides is 3. The normalized spacial score (nSPS) is 16.9. The monoisotopic (exact) mass is 1070 g/mol. The van der Waals surface area contributed by atoms with Gasteiger partial charge in [-0.2, -0.15) is 49.6 Å². The number of carbonyl (C=O) groups is 3. The summed E-state index contributed by atoms with van der Waals surface area (Å²) in [6.07, 6.45) is -10.2. The van der Waals surface area contributed by atoms with E-state index >= 15 is 8.78 Å². The average molecular weight is 1070 g/mol. The average Bonchev–Trinajstić information content (AvgIpc) is 3.73. The molecule has 3 aromatic heterocycles. The molecule has 3 N–H and O–H groups in total. The molecule has 71 heavy (non-hydrogen) atoms. The maximum atomic E-state index is 15.6. The smallest absolute Gasteiger partial charge is 0.435 e. The van der Waals surface area contributed by atoms with E-state index in [1.54, 1.807) is 5.32 Å². The number of aliphatic carboxylic acids is 1. The summed E-state index contributed by atoms with van der Waals surface area (Å²) in [5.74, 6) is -7.98. The fourth-order valence-corrected chi connectivity index (χ4v) is 9.31. The van der Waals surface area contributed by atoms with Gasteiger partial charge < -0.3 is 15.7 Å². The molecular formula is C42H35ClF10N8O8S2. The number of hydrogen-bond acceptors (Lipinski definition) is 10. The van der Waals surface area contributed by atoms with Crippen LogP contribution in [0.1, 0.15) is 66.1 Å². The third-order valence-electron chi connectivity index (χ3n) is 11.4. The minimum atomic E-state index is -5.24. The van der Waals surface area contributed by atoms with Gasteiger partial charge in [-0.15, -0.1) is 0 Å². The first-order valence-corrected chi connectivity index (χ1v) is 24.5. The number of sulfone groups is 1. The number of pyridine rings is 1. The van der Waals surface area contributed by atoms with Crippen molar-refractivity contribution < 1.29 is 80.2 Å². The van der Waals surface area contributed by atoms with Crippen molar-refractivity contribution >= 4 is 66.1 Å². The summed E-state index contributed by atoms with van der Waals surface area (Å²) in [5.41, 5.74) is -6.23. The van der Waals surface area contributed by atoms with Crippen LogP contribution in [0.5, 0.6) is 0 Å². The second-order valence-electron chi connectivity index (χ2n) is 17.1. The number of aromatic nitrogens is 5. The van der Waals surface area contributed by atoms with Crippen molar-refractivity contribution in [3.05, 3.63) is 93.0 Å². The first kappa shape index (κ1) is 52.4. The van der Waals surface area contributed by atoms with Gasteiger partial charge in [0.25, 0.3) is 5.92 Å². The van der Waals surface area contributed by atoms with Crippen molar-refractivity contribution in [1.82, 2.24) is 35.2 Å². The molecule has 3 atom stereocenters. The molecule has 380 valence electrons. The Labute approximate surface area is 400 Å². The number of fused-ring (bicyclic) bond motifs is 4. The number of halogens is 11. The Morgan fingerprint density at radius 2 is 1.59 bits per heavy atom. The van der Waals surface area contributed by atoms with E-state index in [1.165, 1.54) is 13.8 Å². The summed E-state index contributed by atoms with van der Waals surface area (Å²) in [6.45, 7) is -2.12. The molecule has 16 nitrogen and oxygen atoms in total. The zero-order valence-electron chi connectivity index (χ0n) is 36.8. The molecular weight excluding hydrogens is 1030 g/mol. The lowest BCUT2D eigenvalue weighted by Gasteiger charge is -2.23. The highest BCUT2D eigenvalue weighted by atomic mass is 35.5. The minimum absolute atomic E-state index is 0.160. The number of nitrogens with zero attached hydrogens (tertiary/aromatic N) is 6. The molecule has 0 aliphatic heterocycles. The molecule has 0 bridgehead atoms. The largest absolute Gasteiger partial charge is 0.480 e. The van der Waals surface area contributed by atoms with Crippen molar-refractivity contribution in [1.29, 1.82) is 0 Å². The van der Waals surface area contributed by atoms with Crippen molar-refractivity contribution in [2.45, 2.75) is 74.8 Å². The van der Waals surface area contributed by atoms with Crippen molar-refractivity contribution in [3.8, 4) is 23.0 Å². The zero-order chi connectivity index (χ0) is 52.7. The Balaban J connectivity index is 1.49. The first-order chi connectivity index (χ1) is 32.6. The lowest BCUT2D eigenvalue weighted by molar-refractivity contribution is -0.143. The Bertz CT molecular complexity index is 3330. The molecule has 2 aliphatic rings. The molecule has 5 aromatic rings. The Morgan fingerprint density at radius 3 is 2.17 bits per heavy atom. The molecule has 2 aromatic carbocycles. The van der Waals surface area contributed by atoms with Gasteiger partial charge >= 0.3 is 24.4 Å². The molecule has 1 saturated carbocycles. The van der Waals surface area contributed by atoms with Crippen LogP contribution in [-0.2, 0) is 61.1 Å². The second kappa shape index (κ2) is 18.0. The molecule has 0 unspecified atom stereocenters. The third kappa shape index (κ3) is 10.6. The van der Waals surface area contributed by atoms with Crippen molar-refractivity contribution in [2.75, 3.05) is 23.4 Å². The molecule has 3 heterocycles. The van der Waals surface area contributed by atoms with Crippen molar-refractivity contribution in [3.63, 3.8) is 0 Å². The Hall–Kier alpha value is -6.47. The van der Waals surface area contributed by atoms with Crippen LogP contribution in [0.15, 0.2) is 42.5 Å². The maximum Gasteiger partial charge on any atom is 0.435 e. The molecule has 0 radical (unpaired) electrons. The summed E-state index contributed by atoms with van der Waals surface area (Å²) < 4.78 is 196. The van der Waals surface area contributed by atoms with E-state index in [1.807, 2.05) is 0 Å². The van der Waals surface area contributed by atoms with E-state index in [0.717, 1.165) is 42.7 Å². The van der Waals surface area contributed by atoms with Crippen molar-refractivity contribution in [2.24, 2.45) is 5.92 Å². The number of anilines is 1. The fraction of sp³-hybridized carbons (Fsp3) is 0.381. The van der Waals surface area contributed by atoms with Crippen LogP contribution in [0.2, 0.25) is 5.02 Å². The number of carboxylic acid groups (broad SMARTS) is 1. The number of urea groups is 1. The van der Waals surface area contributed by atoms with E-state index in [9.17, 15) is 66.3 Å². The van der Waals surface area contributed by atoms with Gasteiger partial charge in [0.05, 0.1) is 33.9 Å². The minimum Gasteiger partial charge on any atom is -0.480 e. The number of carbonyl (C=O) groups excluding carboxylic acids is 2. The number of nitrogens with one attached hydrogen (secondary N) is 2. The van der Waals surface area contributed by atoms with Crippen LogP contribution in [0.3, 0.4) is 0 Å². The third-order valence-corrected chi connectivity index (χ3v) is 14.7. The lowest BCUT2D eigenvalue weighted by Crippen LogP contribution is -2.45. The number of benzene rings is 2.